The lowest BCUT2D eigenvalue weighted by molar-refractivity contribution is 1.54. The number of benzene rings is 2. The number of hydrogen-bond donors (Lipinski definition) is 0. The third kappa shape index (κ3) is 2.04. The Hall–Kier alpha value is -2.26. The minimum Gasteiger partial charge on any atom is -0.115 e. The number of rotatable bonds is 2. The Labute approximate surface area is 96.3 Å². The Bertz CT molecular complexity index is 525. The SMILES string of the molecule is C#Cc1ccc(C(=C)c2ccccc2)cc1. The van der Waals surface area contributed by atoms with E-state index in [2.05, 4.69) is 24.6 Å². The van der Waals surface area contributed by atoms with Crippen LogP contribution in [-0.4, -0.2) is 0 Å². The standard InChI is InChI=1S/C16H12/c1-3-14-9-11-16(12-10-14)13(2)15-7-5-4-6-8-15/h1,4-12H,2H2. The molecule has 0 nitrogen and oxygen atoms in total. The molecule has 0 spiro atoms. The monoisotopic (exact) mass is 204 g/mol. The molecular weight excluding hydrogens is 192 g/mol. The summed E-state index contributed by atoms with van der Waals surface area (Å²) >= 11 is 0. The predicted molar refractivity (Wildman–Crippen MR) is 69.0 cm³/mol. The van der Waals surface area contributed by atoms with Gasteiger partial charge in [-0.3, -0.25) is 0 Å². The minimum atomic E-state index is 0.893. The zero-order valence-corrected chi connectivity index (χ0v) is 8.98. The van der Waals surface area contributed by atoms with Crippen LogP contribution in [0.1, 0.15) is 16.7 Å². The van der Waals surface area contributed by atoms with Gasteiger partial charge in [-0.25, -0.2) is 0 Å². The van der Waals surface area contributed by atoms with Gasteiger partial charge in [-0.15, -0.1) is 6.42 Å². The molecule has 0 aliphatic rings. The van der Waals surface area contributed by atoms with Crippen LogP contribution in [0.3, 0.4) is 0 Å². The fourth-order valence-electron chi connectivity index (χ4n) is 1.57. The summed E-state index contributed by atoms with van der Waals surface area (Å²) in [6, 6.07) is 18.0. The predicted octanol–water partition coefficient (Wildman–Crippen LogP) is 3.73. The van der Waals surface area contributed by atoms with Crippen molar-refractivity contribution in [3.8, 4) is 12.3 Å². The molecule has 0 fully saturated rings. The first-order valence-corrected chi connectivity index (χ1v) is 5.12. The van der Waals surface area contributed by atoms with E-state index in [9.17, 15) is 0 Å². The molecule has 0 radical (unpaired) electrons. The summed E-state index contributed by atoms with van der Waals surface area (Å²) in [7, 11) is 0. The molecule has 16 heavy (non-hydrogen) atoms. The van der Waals surface area contributed by atoms with Gasteiger partial charge >= 0.3 is 0 Å². The van der Waals surface area contributed by atoms with Gasteiger partial charge < -0.3 is 0 Å². The Morgan fingerprint density at radius 1 is 0.875 bits per heavy atom. The summed E-state index contributed by atoms with van der Waals surface area (Å²) in [5.74, 6) is 2.60. The molecule has 2 aromatic rings. The van der Waals surface area contributed by atoms with Crippen molar-refractivity contribution in [3.05, 3.63) is 77.9 Å². The molecule has 0 heteroatoms. The maximum Gasteiger partial charge on any atom is 0.0243 e. The van der Waals surface area contributed by atoms with E-state index in [1.54, 1.807) is 0 Å². The third-order valence-electron chi connectivity index (χ3n) is 2.52. The summed E-state index contributed by atoms with van der Waals surface area (Å²) in [6.07, 6.45) is 5.31. The molecule has 76 valence electrons. The van der Waals surface area contributed by atoms with E-state index in [1.165, 1.54) is 0 Å². The Morgan fingerprint density at radius 3 is 2.00 bits per heavy atom. The molecule has 0 saturated heterocycles. The summed E-state index contributed by atoms with van der Waals surface area (Å²) in [5, 5.41) is 0. The van der Waals surface area contributed by atoms with Crippen LogP contribution >= 0.6 is 0 Å². The Balaban J connectivity index is 2.32. The molecule has 0 atom stereocenters. The summed E-state index contributed by atoms with van der Waals surface area (Å²) in [4.78, 5) is 0. The lowest BCUT2D eigenvalue weighted by Crippen LogP contribution is -1.85. The largest absolute Gasteiger partial charge is 0.115 e. The van der Waals surface area contributed by atoms with Crippen molar-refractivity contribution in [2.75, 3.05) is 0 Å². The van der Waals surface area contributed by atoms with Crippen molar-refractivity contribution in [3.63, 3.8) is 0 Å². The van der Waals surface area contributed by atoms with E-state index in [0.717, 1.165) is 22.3 Å². The number of terminal acetylenes is 1. The van der Waals surface area contributed by atoms with Gasteiger partial charge in [0.15, 0.2) is 0 Å². The fourth-order valence-corrected chi connectivity index (χ4v) is 1.57. The van der Waals surface area contributed by atoms with Gasteiger partial charge in [-0.2, -0.15) is 0 Å². The highest BCUT2D eigenvalue weighted by atomic mass is 14.0. The van der Waals surface area contributed by atoms with Crippen LogP contribution < -0.4 is 0 Å². The third-order valence-corrected chi connectivity index (χ3v) is 2.52. The second-order valence-electron chi connectivity index (χ2n) is 3.57. The van der Waals surface area contributed by atoms with Crippen LogP contribution in [0, 0.1) is 12.3 Å². The van der Waals surface area contributed by atoms with Crippen LogP contribution in [0.15, 0.2) is 61.2 Å². The topological polar surface area (TPSA) is 0 Å². The lowest BCUT2D eigenvalue weighted by atomic mass is 9.99. The van der Waals surface area contributed by atoms with E-state index in [-0.39, 0.29) is 0 Å². The molecule has 0 saturated carbocycles. The van der Waals surface area contributed by atoms with Crippen LogP contribution in [0.2, 0.25) is 0 Å². The van der Waals surface area contributed by atoms with Crippen molar-refractivity contribution >= 4 is 5.57 Å². The summed E-state index contributed by atoms with van der Waals surface area (Å²) < 4.78 is 0. The highest BCUT2D eigenvalue weighted by molar-refractivity contribution is 5.78. The van der Waals surface area contributed by atoms with Crippen LogP contribution in [-0.2, 0) is 0 Å². The molecule has 0 aromatic heterocycles. The first-order chi connectivity index (χ1) is 7.81. The van der Waals surface area contributed by atoms with E-state index >= 15 is 0 Å². The maximum atomic E-state index is 5.31. The zero-order valence-electron chi connectivity index (χ0n) is 8.98. The molecule has 0 aliphatic heterocycles. The summed E-state index contributed by atoms with van der Waals surface area (Å²) in [6.45, 7) is 4.10. The smallest absolute Gasteiger partial charge is 0.0243 e. The highest BCUT2D eigenvalue weighted by Crippen LogP contribution is 2.21. The van der Waals surface area contributed by atoms with Gasteiger partial charge in [0.25, 0.3) is 0 Å². The Kier molecular flexibility index (Phi) is 2.89. The van der Waals surface area contributed by atoms with Gasteiger partial charge in [0, 0.05) is 5.56 Å². The summed E-state index contributed by atoms with van der Waals surface area (Å²) in [5.41, 5.74) is 4.15. The average Bonchev–Trinajstić information content (AvgIpc) is 2.39. The second-order valence-corrected chi connectivity index (χ2v) is 3.57. The van der Waals surface area contributed by atoms with Crippen molar-refractivity contribution in [1.82, 2.24) is 0 Å². The molecule has 0 aliphatic carbocycles. The molecule has 0 heterocycles. The van der Waals surface area contributed by atoms with Crippen LogP contribution in [0.5, 0.6) is 0 Å². The first-order valence-electron chi connectivity index (χ1n) is 5.12. The van der Waals surface area contributed by atoms with E-state index < -0.39 is 0 Å². The number of hydrogen-bond acceptors (Lipinski definition) is 0. The normalized spacial score (nSPS) is 9.44. The molecule has 0 bridgehead atoms. The van der Waals surface area contributed by atoms with Gasteiger partial charge in [-0.1, -0.05) is 55.0 Å². The molecule has 2 rings (SSSR count). The second kappa shape index (κ2) is 4.51. The van der Waals surface area contributed by atoms with Crippen molar-refractivity contribution in [2.24, 2.45) is 0 Å². The van der Waals surface area contributed by atoms with E-state index in [0.29, 0.717) is 0 Å². The van der Waals surface area contributed by atoms with Crippen molar-refractivity contribution in [1.29, 1.82) is 0 Å². The van der Waals surface area contributed by atoms with Gasteiger partial charge in [0.1, 0.15) is 0 Å². The van der Waals surface area contributed by atoms with Crippen molar-refractivity contribution < 1.29 is 0 Å². The molecule has 0 amide bonds. The van der Waals surface area contributed by atoms with Gasteiger partial charge in [0.05, 0.1) is 0 Å². The molecule has 0 N–H and O–H groups in total. The lowest BCUT2D eigenvalue weighted by Gasteiger charge is -2.05. The van der Waals surface area contributed by atoms with Gasteiger partial charge in [-0.05, 0) is 28.8 Å². The Morgan fingerprint density at radius 2 is 1.44 bits per heavy atom. The fraction of sp³-hybridized carbons (Fsp3) is 0. The molecular formula is C16H12. The minimum absolute atomic E-state index is 0.893. The van der Waals surface area contributed by atoms with Crippen LogP contribution in [0.25, 0.3) is 5.57 Å². The van der Waals surface area contributed by atoms with E-state index in [4.69, 9.17) is 6.42 Å². The van der Waals surface area contributed by atoms with Gasteiger partial charge in [0.2, 0.25) is 0 Å². The quantitative estimate of drug-likeness (QED) is 0.654. The zero-order chi connectivity index (χ0) is 11.4. The average molecular weight is 204 g/mol. The first kappa shape index (κ1) is 10.3. The maximum absolute atomic E-state index is 5.31. The highest BCUT2D eigenvalue weighted by Gasteiger charge is 2.00. The van der Waals surface area contributed by atoms with Crippen molar-refractivity contribution in [2.45, 2.75) is 0 Å². The van der Waals surface area contributed by atoms with Crippen LogP contribution in [0.4, 0.5) is 0 Å². The molecule has 0 unspecified atom stereocenters. The molecule has 2 aromatic carbocycles. The van der Waals surface area contributed by atoms with E-state index in [1.807, 2.05) is 42.5 Å².